The van der Waals surface area contributed by atoms with Crippen LogP contribution in [0.25, 0.3) is 10.6 Å². The van der Waals surface area contributed by atoms with Crippen LogP contribution in [-0.4, -0.2) is 24.1 Å². The highest BCUT2D eigenvalue weighted by atomic mass is 32.1. The number of hydrogen-bond donors (Lipinski definition) is 1. The molecule has 1 N–H and O–H groups in total. The molecule has 1 unspecified atom stereocenters. The third-order valence-corrected chi connectivity index (χ3v) is 4.82. The lowest BCUT2D eigenvalue weighted by atomic mass is 10.1. The number of benzene rings is 1. The van der Waals surface area contributed by atoms with Crippen molar-refractivity contribution in [2.24, 2.45) is 5.92 Å². The summed E-state index contributed by atoms with van der Waals surface area (Å²) in [4.78, 5) is 16.5. The molecule has 2 aromatic rings. The highest BCUT2D eigenvalue weighted by molar-refractivity contribution is 7.13. The van der Waals surface area contributed by atoms with Gasteiger partial charge in [-0.05, 0) is 18.4 Å². The van der Waals surface area contributed by atoms with E-state index in [1.165, 1.54) is 0 Å². The van der Waals surface area contributed by atoms with Gasteiger partial charge in [-0.1, -0.05) is 31.2 Å². The van der Waals surface area contributed by atoms with Crippen LogP contribution in [0.5, 0.6) is 0 Å². The van der Waals surface area contributed by atoms with Crippen LogP contribution in [0, 0.1) is 5.92 Å². The standard InChI is InChI=1S/C17H20N2O2S/c1-2-15-11-22-17(19-15)13-5-3-12(4-6-13)9-18-16(20)14-7-8-21-10-14/h3-6,11,14H,2,7-10H2,1H3,(H,18,20). The zero-order chi connectivity index (χ0) is 15.4. The fourth-order valence-electron chi connectivity index (χ4n) is 2.44. The minimum Gasteiger partial charge on any atom is -0.381 e. The summed E-state index contributed by atoms with van der Waals surface area (Å²) in [6.07, 6.45) is 1.79. The lowest BCUT2D eigenvalue weighted by molar-refractivity contribution is -0.125. The van der Waals surface area contributed by atoms with Crippen LogP contribution in [-0.2, 0) is 22.5 Å². The van der Waals surface area contributed by atoms with Crippen LogP contribution in [0.2, 0.25) is 0 Å². The predicted octanol–water partition coefficient (Wildman–Crippen LogP) is 3.03. The number of aromatic nitrogens is 1. The molecule has 1 aliphatic rings. The summed E-state index contributed by atoms with van der Waals surface area (Å²) in [7, 11) is 0. The van der Waals surface area contributed by atoms with E-state index in [2.05, 4.69) is 34.7 Å². The van der Waals surface area contributed by atoms with Gasteiger partial charge in [0, 0.05) is 24.1 Å². The zero-order valence-electron chi connectivity index (χ0n) is 12.7. The summed E-state index contributed by atoms with van der Waals surface area (Å²) in [5.74, 6) is 0.108. The van der Waals surface area contributed by atoms with Crippen LogP contribution >= 0.6 is 11.3 Å². The van der Waals surface area contributed by atoms with E-state index in [4.69, 9.17) is 4.74 Å². The molecule has 0 spiro atoms. The highest BCUT2D eigenvalue weighted by Gasteiger charge is 2.22. The molecule has 0 aliphatic carbocycles. The van der Waals surface area contributed by atoms with Crippen molar-refractivity contribution >= 4 is 17.2 Å². The normalized spacial score (nSPS) is 17.6. The number of ether oxygens (including phenoxy) is 1. The van der Waals surface area contributed by atoms with E-state index in [-0.39, 0.29) is 11.8 Å². The Morgan fingerprint density at radius 3 is 2.86 bits per heavy atom. The quantitative estimate of drug-likeness (QED) is 0.922. The average molecular weight is 316 g/mol. The molecule has 1 amide bonds. The first-order valence-corrected chi connectivity index (χ1v) is 8.53. The number of carbonyl (C=O) groups excluding carboxylic acids is 1. The van der Waals surface area contributed by atoms with Crippen LogP contribution in [0.4, 0.5) is 0 Å². The van der Waals surface area contributed by atoms with Gasteiger partial charge in [-0.2, -0.15) is 0 Å². The minimum absolute atomic E-state index is 0.0158. The number of nitrogens with one attached hydrogen (secondary N) is 1. The Hall–Kier alpha value is -1.72. The molecule has 22 heavy (non-hydrogen) atoms. The van der Waals surface area contributed by atoms with Crippen molar-refractivity contribution in [1.82, 2.24) is 10.3 Å². The second-order valence-electron chi connectivity index (χ2n) is 5.47. The van der Waals surface area contributed by atoms with E-state index in [9.17, 15) is 4.79 Å². The molecule has 3 rings (SSSR count). The lowest BCUT2D eigenvalue weighted by Gasteiger charge is -2.09. The summed E-state index contributed by atoms with van der Waals surface area (Å²) in [5.41, 5.74) is 3.36. The van der Waals surface area contributed by atoms with Gasteiger partial charge in [-0.3, -0.25) is 4.79 Å². The van der Waals surface area contributed by atoms with E-state index in [0.717, 1.165) is 34.7 Å². The Balaban J connectivity index is 1.58. The lowest BCUT2D eigenvalue weighted by Crippen LogP contribution is -2.30. The van der Waals surface area contributed by atoms with Crippen LogP contribution in [0.1, 0.15) is 24.6 Å². The minimum atomic E-state index is 0.0158. The van der Waals surface area contributed by atoms with Crippen molar-refractivity contribution in [2.45, 2.75) is 26.3 Å². The molecule has 116 valence electrons. The van der Waals surface area contributed by atoms with E-state index in [0.29, 0.717) is 19.8 Å². The molecule has 2 heterocycles. The summed E-state index contributed by atoms with van der Waals surface area (Å²) in [5, 5.41) is 6.14. The van der Waals surface area contributed by atoms with Gasteiger partial charge in [0.05, 0.1) is 18.2 Å². The Kier molecular flexibility index (Phi) is 4.85. The zero-order valence-corrected chi connectivity index (χ0v) is 13.5. The third-order valence-electron chi connectivity index (χ3n) is 3.88. The first-order chi connectivity index (χ1) is 10.8. The van der Waals surface area contributed by atoms with Gasteiger partial charge in [0.1, 0.15) is 5.01 Å². The number of hydrogen-bond acceptors (Lipinski definition) is 4. The first-order valence-electron chi connectivity index (χ1n) is 7.65. The summed E-state index contributed by atoms with van der Waals surface area (Å²) in [6.45, 7) is 3.92. The molecule has 1 fully saturated rings. The van der Waals surface area contributed by atoms with Crippen molar-refractivity contribution in [3.63, 3.8) is 0 Å². The maximum atomic E-state index is 11.9. The Bertz CT molecular complexity index is 630. The second-order valence-corrected chi connectivity index (χ2v) is 6.33. The summed E-state index contributed by atoms with van der Waals surface area (Å²) < 4.78 is 5.24. The fourth-order valence-corrected chi connectivity index (χ4v) is 3.35. The maximum Gasteiger partial charge on any atom is 0.225 e. The van der Waals surface area contributed by atoms with E-state index in [1.54, 1.807) is 11.3 Å². The molecule has 1 aliphatic heterocycles. The maximum absolute atomic E-state index is 11.9. The molecule has 1 atom stereocenters. The molecular formula is C17H20N2O2S. The molecule has 0 radical (unpaired) electrons. The monoisotopic (exact) mass is 316 g/mol. The first kappa shape index (κ1) is 15.2. The van der Waals surface area contributed by atoms with Gasteiger partial charge in [0.25, 0.3) is 0 Å². The van der Waals surface area contributed by atoms with Gasteiger partial charge in [-0.25, -0.2) is 4.98 Å². The molecular weight excluding hydrogens is 296 g/mol. The number of amides is 1. The molecule has 4 nitrogen and oxygen atoms in total. The van der Waals surface area contributed by atoms with Crippen molar-refractivity contribution in [1.29, 1.82) is 0 Å². The van der Waals surface area contributed by atoms with Crippen LogP contribution in [0.15, 0.2) is 29.6 Å². The summed E-state index contributed by atoms with van der Waals surface area (Å²) in [6, 6.07) is 8.23. The van der Waals surface area contributed by atoms with Gasteiger partial charge in [0.15, 0.2) is 0 Å². The molecule has 5 heteroatoms. The van der Waals surface area contributed by atoms with E-state index < -0.39 is 0 Å². The van der Waals surface area contributed by atoms with Gasteiger partial charge in [-0.15, -0.1) is 11.3 Å². The number of thiazole rings is 1. The summed E-state index contributed by atoms with van der Waals surface area (Å²) >= 11 is 1.67. The number of nitrogens with zero attached hydrogens (tertiary/aromatic N) is 1. The molecule has 1 saturated heterocycles. The Morgan fingerprint density at radius 1 is 1.41 bits per heavy atom. The highest BCUT2D eigenvalue weighted by Crippen LogP contribution is 2.24. The molecule has 1 aromatic heterocycles. The molecule has 1 aromatic carbocycles. The second kappa shape index (κ2) is 7.03. The van der Waals surface area contributed by atoms with E-state index >= 15 is 0 Å². The van der Waals surface area contributed by atoms with Crippen molar-refractivity contribution in [3.05, 3.63) is 40.9 Å². The fraction of sp³-hybridized carbons (Fsp3) is 0.412. The van der Waals surface area contributed by atoms with Gasteiger partial charge in [0.2, 0.25) is 5.91 Å². The Labute approximate surface area is 134 Å². The van der Waals surface area contributed by atoms with Crippen LogP contribution < -0.4 is 5.32 Å². The largest absolute Gasteiger partial charge is 0.381 e. The topological polar surface area (TPSA) is 51.2 Å². The SMILES string of the molecule is CCc1csc(-c2ccc(CNC(=O)C3CCOC3)cc2)n1. The average Bonchev–Trinajstić information content (AvgIpc) is 3.24. The van der Waals surface area contributed by atoms with E-state index in [1.807, 2.05) is 12.1 Å². The molecule has 0 saturated carbocycles. The van der Waals surface area contributed by atoms with Gasteiger partial charge < -0.3 is 10.1 Å². The van der Waals surface area contributed by atoms with Crippen molar-refractivity contribution in [3.8, 4) is 10.6 Å². The van der Waals surface area contributed by atoms with Gasteiger partial charge >= 0.3 is 0 Å². The predicted molar refractivity (Wildman–Crippen MR) is 87.7 cm³/mol. The van der Waals surface area contributed by atoms with Crippen LogP contribution in [0.3, 0.4) is 0 Å². The number of rotatable bonds is 5. The number of aryl methyl sites for hydroxylation is 1. The third kappa shape index (κ3) is 3.54. The molecule has 0 bridgehead atoms. The smallest absolute Gasteiger partial charge is 0.225 e. The van der Waals surface area contributed by atoms with Crippen molar-refractivity contribution in [2.75, 3.05) is 13.2 Å². The Morgan fingerprint density at radius 2 is 2.23 bits per heavy atom. The van der Waals surface area contributed by atoms with Crippen molar-refractivity contribution < 1.29 is 9.53 Å². The number of carbonyl (C=O) groups is 1.